The van der Waals surface area contributed by atoms with E-state index in [1.807, 2.05) is 0 Å². The first-order valence-corrected chi connectivity index (χ1v) is 8.16. The molecule has 130 valence electrons. The molecule has 1 saturated heterocycles. The fourth-order valence-corrected chi connectivity index (χ4v) is 3.13. The highest BCUT2D eigenvalue weighted by atomic mass is 19.1. The van der Waals surface area contributed by atoms with E-state index in [4.69, 9.17) is 4.52 Å². The van der Waals surface area contributed by atoms with Gasteiger partial charge in [0.1, 0.15) is 5.82 Å². The third kappa shape index (κ3) is 4.17. The molecule has 2 aromatic rings. The van der Waals surface area contributed by atoms with Crippen LogP contribution in [0.5, 0.6) is 0 Å². The molecule has 1 aliphatic heterocycles. The molecule has 24 heavy (non-hydrogen) atoms. The van der Waals surface area contributed by atoms with Gasteiger partial charge >= 0.3 is 0 Å². The second kappa shape index (κ2) is 7.38. The van der Waals surface area contributed by atoms with Crippen molar-refractivity contribution in [3.05, 3.63) is 47.4 Å². The van der Waals surface area contributed by atoms with Crippen LogP contribution in [0.15, 0.2) is 28.8 Å². The van der Waals surface area contributed by atoms with Gasteiger partial charge in [0.15, 0.2) is 5.82 Å². The Morgan fingerprint density at radius 1 is 1.42 bits per heavy atom. The van der Waals surface area contributed by atoms with Crippen LogP contribution in [0.3, 0.4) is 0 Å². The number of aryl methyl sites for hydroxylation is 1. The normalized spacial score (nSPS) is 20.0. The van der Waals surface area contributed by atoms with Gasteiger partial charge in [-0.15, -0.1) is 0 Å². The third-order valence-electron chi connectivity index (χ3n) is 4.52. The summed E-state index contributed by atoms with van der Waals surface area (Å²) in [7, 11) is 2.05. The lowest BCUT2D eigenvalue weighted by atomic mass is 10.1. The molecule has 0 saturated carbocycles. The van der Waals surface area contributed by atoms with E-state index < -0.39 is 6.10 Å². The molecule has 0 bridgehead atoms. The predicted molar refractivity (Wildman–Crippen MR) is 86.7 cm³/mol. The molecule has 0 radical (unpaired) electrons. The van der Waals surface area contributed by atoms with E-state index in [-0.39, 0.29) is 5.82 Å². The number of likely N-dealkylation sites (N-methyl/N-ethyl adjacent to an activating group) is 1. The highest BCUT2D eigenvalue weighted by Gasteiger charge is 2.27. The smallest absolute Gasteiger partial charge is 0.223 e. The van der Waals surface area contributed by atoms with Crippen LogP contribution in [-0.2, 0) is 6.54 Å². The van der Waals surface area contributed by atoms with Gasteiger partial charge in [0.25, 0.3) is 0 Å². The SMILES string of the molecule is Cc1nc(CN(C)C2CCN(CC(O)c3ccc(F)cc3)C2)no1. The standard InChI is InChI=1S/C17H23FN4O2/c1-12-19-17(20-24-12)11-21(2)15-7-8-22(9-15)10-16(23)13-3-5-14(18)6-4-13/h3-6,15-16,23H,7-11H2,1-2H3. The minimum Gasteiger partial charge on any atom is -0.387 e. The monoisotopic (exact) mass is 334 g/mol. The van der Waals surface area contributed by atoms with Crippen LogP contribution in [0.1, 0.15) is 29.8 Å². The summed E-state index contributed by atoms with van der Waals surface area (Å²) in [6.45, 7) is 4.79. The van der Waals surface area contributed by atoms with Gasteiger partial charge in [-0.05, 0) is 37.7 Å². The first-order chi connectivity index (χ1) is 11.5. The van der Waals surface area contributed by atoms with Crippen molar-refractivity contribution in [2.75, 3.05) is 26.7 Å². The Hall–Kier alpha value is -1.83. The second-order valence-corrected chi connectivity index (χ2v) is 6.41. The third-order valence-corrected chi connectivity index (χ3v) is 4.52. The number of aliphatic hydroxyl groups is 1. The molecular weight excluding hydrogens is 311 g/mol. The molecule has 1 N–H and O–H groups in total. The van der Waals surface area contributed by atoms with Gasteiger partial charge in [-0.2, -0.15) is 4.98 Å². The Bertz CT molecular complexity index is 661. The van der Waals surface area contributed by atoms with Gasteiger partial charge in [0.2, 0.25) is 5.89 Å². The van der Waals surface area contributed by atoms with Crippen molar-refractivity contribution >= 4 is 0 Å². The average molecular weight is 334 g/mol. The molecule has 0 spiro atoms. The topological polar surface area (TPSA) is 65.6 Å². The van der Waals surface area contributed by atoms with Gasteiger partial charge in [0.05, 0.1) is 12.6 Å². The highest BCUT2D eigenvalue weighted by molar-refractivity contribution is 5.18. The van der Waals surface area contributed by atoms with Crippen LogP contribution in [-0.4, -0.2) is 57.8 Å². The zero-order chi connectivity index (χ0) is 17.1. The first kappa shape index (κ1) is 17.0. The van der Waals surface area contributed by atoms with E-state index in [1.165, 1.54) is 12.1 Å². The first-order valence-electron chi connectivity index (χ1n) is 8.16. The van der Waals surface area contributed by atoms with E-state index in [9.17, 15) is 9.50 Å². The Labute approximate surface area is 140 Å². The van der Waals surface area contributed by atoms with Crippen molar-refractivity contribution in [2.24, 2.45) is 0 Å². The van der Waals surface area contributed by atoms with E-state index >= 15 is 0 Å². The molecule has 1 aromatic carbocycles. The van der Waals surface area contributed by atoms with E-state index in [0.717, 1.165) is 25.1 Å². The lowest BCUT2D eigenvalue weighted by Crippen LogP contribution is -2.35. The fraction of sp³-hybridized carbons (Fsp3) is 0.529. The summed E-state index contributed by atoms with van der Waals surface area (Å²) in [6, 6.07) is 6.43. The summed E-state index contributed by atoms with van der Waals surface area (Å²) < 4.78 is 18.0. The quantitative estimate of drug-likeness (QED) is 0.868. The number of hydrogen-bond acceptors (Lipinski definition) is 6. The molecule has 0 aliphatic carbocycles. The lowest BCUT2D eigenvalue weighted by Gasteiger charge is -2.24. The molecule has 7 heteroatoms. The largest absolute Gasteiger partial charge is 0.387 e. The fourth-order valence-electron chi connectivity index (χ4n) is 3.13. The molecule has 0 amide bonds. The maximum atomic E-state index is 13.0. The Morgan fingerprint density at radius 3 is 2.83 bits per heavy atom. The minimum absolute atomic E-state index is 0.287. The number of halogens is 1. The van der Waals surface area contributed by atoms with Crippen molar-refractivity contribution in [3.8, 4) is 0 Å². The van der Waals surface area contributed by atoms with Gasteiger partial charge in [-0.3, -0.25) is 9.80 Å². The second-order valence-electron chi connectivity index (χ2n) is 6.41. The van der Waals surface area contributed by atoms with Gasteiger partial charge in [0, 0.05) is 26.1 Å². The Morgan fingerprint density at radius 2 is 2.17 bits per heavy atom. The average Bonchev–Trinajstić information content (AvgIpc) is 3.17. The van der Waals surface area contributed by atoms with E-state index in [1.54, 1.807) is 19.1 Å². The van der Waals surface area contributed by atoms with Crippen LogP contribution < -0.4 is 0 Å². The van der Waals surface area contributed by atoms with Gasteiger partial charge in [-0.25, -0.2) is 4.39 Å². The molecule has 1 aliphatic rings. The van der Waals surface area contributed by atoms with Crippen LogP contribution in [0.25, 0.3) is 0 Å². The summed E-state index contributed by atoms with van der Waals surface area (Å²) in [5.74, 6) is 0.985. The molecule has 2 heterocycles. The Kier molecular flexibility index (Phi) is 5.23. The van der Waals surface area contributed by atoms with Crippen molar-refractivity contribution < 1.29 is 14.0 Å². The summed E-state index contributed by atoms with van der Waals surface area (Å²) in [4.78, 5) is 8.68. The molecule has 3 rings (SSSR count). The van der Waals surface area contributed by atoms with Crippen molar-refractivity contribution in [1.82, 2.24) is 19.9 Å². The number of benzene rings is 1. The molecule has 2 unspecified atom stereocenters. The highest BCUT2D eigenvalue weighted by Crippen LogP contribution is 2.20. The number of likely N-dealkylation sites (tertiary alicyclic amines) is 1. The summed E-state index contributed by atoms with van der Waals surface area (Å²) >= 11 is 0. The van der Waals surface area contributed by atoms with Crippen molar-refractivity contribution in [2.45, 2.75) is 32.0 Å². The number of aliphatic hydroxyl groups excluding tert-OH is 1. The molecule has 1 fully saturated rings. The number of aromatic nitrogens is 2. The van der Waals surface area contributed by atoms with Crippen molar-refractivity contribution in [3.63, 3.8) is 0 Å². The van der Waals surface area contributed by atoms with Crippen LogP contribution in [0.4, 0.5) is 4.39 Å². The number of nitrogens with zero attached hydrogens (tertiary/aromatic N) is 4. The van der Waals surface area contributed by atoms with Gasteiger partial charge in [-0.1, -0.05) is 17.3 Å². The summed E-state index contributed by atoms with van der Waals surface area (Å²) in [5.41, 5.74) is 0.746. The van der Waals surface area contributed by atoms with E-state index in [0.29, 0.717) is 30.8 Å². The maximum Gasteiger partial charge on any atom is 0.223 e. The number of rotatable bonds is 6. The molecular formula is C17H23FN4O2. The summed E-state index contributed by atoms with van der Waals surface area (Å²) in [6.07, 6.45) is 0.429. The van der Waals surface area contributed by atoms with Crippen LogP contribution >= 0.6 is 0 Å². The minimum atomic E-state index is -0.602. The predicted octanol–water partition coefficient (Wildman–Crippen LogP) is 1.76. The number of β-amino-alcohol motifs (C(OH)–C–C–N with tert-alkyl or cyclic N) is 1. The maximum absolute atomic E-state index is 13.0. The zero-order valence-electron chi connectivity index (χ0n) is 14.0. The lowest BCUT2D eigenvalue weighted by molar-refractivity contribution is 0.120. The zero-order valence-corrected chi connectivity index (χ0v) is 14.0. The molecule has 6 nitrogen and oxygen atoms in total. The molecule has 1 aromatic heterocycles. The van der Waals surface area contributed by atoms with Crippen LogP contribution in [0, 0.1) is 12.7 Å². The Balaban J connectivity index is 1.50. The van der Waals surface area contributed by atoms with Gasteiger partial charge < -0.3 is 9.63 Å². The number of hydrogen-bond donors (Lipinski definition) is 1. The van der Waals surface area contributed by atoms with Crippen molar-refractivity contribution in [1.29, 1.82) is 0 Å². The van der Waals surface area contributed by atoms with Crippen LogP contribution in [0.2, 0.25) is 0 Å². The van der Waals surface area contributed by atoms with E-state index in [2.05, 4.69) is 27.0 Å². The summed E-state index contributed by atoms with van der Waals surface area (Å²) in [5, 5.41) is 14.3. The molecule has 2 atom stereocenters.